The third kappa shape index (κ3) is 1.98. The molecule has 1 aliphatic carbocycles. The van der Waals surface area contributed by atoms with Gasteiger partial charge in [-0.05, 0) is 25.3 Å². The van der Waals surface area contributed by atoms with Crippen LogP contribution in [0.3, 0.4) is 0 Å². The van der Waals surface area contributed by atoms with Crippen LogP contribution in [-0.2, 0) is 11.2 Å². The van der Waals surface area contributed by atoms with E-state index >= 15 is 0 Å². The van der Waals surface area contributed by atoms with Gasteiger partial charge in [-0.3, -0.25) is 0 Å². The quantitative estimate of drug-likeness (QED) is 0.842. The van der Waals surface area contributed by atoms with E-state index in [0.717, 1.165) is 37.7 Å². The minimum Gasteiger partial charge on any atom is -0.381 e. The van der Waals surface area contributed by atoms with Gasteiger partial charge in [-0.2, -0.15) is 0 Å². The molecule has 5 nitrogen and oxygen atoms in total. The van der Waals surface area contributed by atoms with Gasteiger partial charge in [0.15, 0.2) is 0 Å². The minimum atomic E-state index is 0.472. The summed E-state index contributed by atoms with van der Waals surface area (Å²) in [5.74, 6) is 1.21. The van der Waals surface area contributed by atoms with Crippen molar-refractivity contribution in [2.75, 3.05) is 19.8 Å². The third-order valence-electron chi connectivity index (χ3n) is 3.88. The zero-order valence-corrected chi connectivity index (χ0v) is 10.3. The Morgan fingerprint density at radius 1 is 1.53 bits per heavy atom. The van der Waals surface area contributed by atoms with E-state index in [1.165, 1.54) is 12.1 Å². The highest BCUT2D eigenvalue weighted by atomic mass is 16.5. The molecular formula is C12H20N4O. The van der Waals surface area contributed by atoms with Crippen molar-refractivity contribution >= 4 is 0 Å². The van der Waals surface area contributed by atoms with E-state index in [1.807, 2.05) is 0 Å². The molecule has 0 aromatic carbocycles. The van der Waals surface area contributed by atoms with Crippen molar-refractivity contribution < 1.29 is 4.74 Å². The maximum atomic E-state index is 5.65. The van der Waals surface area contributed by atoms with Crippen LogP contribution in [0.4, 0.5) is 0 Å². The molecular weight excluding hydrogens is 216 g/mol. The molecule has 94 valence electrons. The summed E-state index contributed by atoms with van der Waals surface area (Å²) in [4.78, 5) is 0. The normalized spacial score (nSPS) is 32.0. The molecule has 0 bridgehead atoms. The van der Waals surface area contributed by atoms with Crippen LogP contribution < -0.4 is 5.73 Å². The molecule has 0 radical (unpaired) electrons. The highest BCUT2D eigenvalue weighted by Crippen LogP contribution is 2.44. The molecule has 1 aliphatic heterocycles. The largest absolute Gasteiger partial charge is 0.381 e. The number of rotatable bonds is 4. The van der Waals surface area contributed by atoms with E-state index in [2.05, 4.69) is 21.9 Å². The summed E-state index contributed by atoms with van der Waals surface area (Å²) >= 11 is 0. The lowest BCUT2D eigenvalue weighted by Crippen LogP contribution is -2.13. The molecule has 2 heterocycles. The molecule has 2 aliphatic rings. The average Bonchev–Trinajstić information content (AvgIpc) is 2.77. The second kappa shape index (κ2) is 4.38. The van der Waals surface area contributed by atoms with Gasteiger partial charge in [-0.15, -0.1) is 5.10 Å². The first-order valence-corrected chi connectivity index (χ1v) is 6.53. The molecule has 2 N–H and O–H groups in total. The average molecular weight is 236 g/mol. The molecule has 1 aromatic heterocycles. The van der Waals surface area contributed by atoms with Gasteiger partial charge in [0.25, 0.3) is 0 Å². The Morgan fingerprint density at radius 3 is 2.94 bits per heavy atom. The van der Waals surface area contributed by atoms with Crippen LogP contribution in [0.25, 0.3) is 0 Å². The number of ether oxygens (including phenoxy) is 1. The van der Waals surface area contributed by atoms with E-state index < -0.39 is 0 Å². The fraction of sp³-hybridized carbons (Fsp3) is 0.833. The SMILES string of the molecule is CC1CC1n1nnc(CCN)c1C1CCOC1. The van der Waals surface area contributed by atoms with Crippen molar-refractivity contribution in [3.05, 3.63) is 11.4 Å². The van der Waals surface area contributed by atoms with Gasteiger partial charge in [0.1, 0.15) is 0 Å². The van der Waals surface area contributed by atoms with Crippen molar-refractivity contribution in [1.29, 1.82) is 0 Å². The summed E-state index contributed by atoms with van der Waals surface area (Å²) in [7, 11) is 0. The summed E-state index contributed by atoms with van der Waals surface area (Å²) in [5.41, 5.74) is 8.03. The molecule has 3 atom stereocenters. The lowest BCUT2D eigenvalue weighted by molar-refractivity contribution is 0.193. The first-order valence-electron chi connectivity index (χ1n) is 6.53. The van der Waals surface area contributed by atoms with Crippen molar-refractivity contribution in [1.82, 2.24) is 15.0 Å². The molecule has 17 heavy (non-hydrogen) atoms. The van der Waals surface area contributed by atoms with Crippen LogP contribution in [0, 0.1) is 5.92 Å². The van der Waals surface area contributed by atoms with E-state index in [-0.39, 0.29) is 0 Å². The molecule has 3 rings (SSSR count). The predicted octanol–water partition coefficient (Wildman–Crippen LogP) is 0.864. The van der Waals surface area contributed by atoms with Gasteiger partial charge in [-0.25, -0.2) is 4.68 Å². The summed E-state index contributed by atoms with van der Waals surface area (Å²) in [6.07, 6.45) is 3.14. The Labute approximate surface area is 101 Å². The Bertz CT molecular complexity index is 397. The van der Waals surface area contributed by atoms with E-state index in [0.29, 0.717) is 18.5 Å². The lowest BCUT2D eigenvalue weighted by Gasteiger charge is -2.12. The molecule has 0 amide bonds. The van der Waals surface area contributed by atoms with Gasteiger partial charge in [0, 0.05) is 18.9 Å². The fourth-order valence-electron chi connectivity index (χ4n) is 2.71. The third-order valence-corrected chi connectivity index (χ3v) is 3.88. The highest BCUT2D eigenvalue weighted by molar-refractivity contribution is 5.19. The fourth-order valence-corrected chi connectivity index (χ4v) is 2.71. The van der Waals surface area contributed by atoms with Crippen molar-refractivity contribution in [3.63, 3.8) is 0 Å². The zero-order chi connectivity index (χ0) is 11.8. The van der Waals surface area contributed by atoms with Gasteiger partial charge in [0.2, 0.25) is 0 Å². The Morgan fingerprint density at radius 2 is 2.35 bits per heavy atom. The highest BCUT2D eigenvalue weighted by Gasteiger charge is 2.39. The minimum absolute atomic E-state index is 0.472. The molecule has 1 saturated carbocycles. The van der Waals surface area contributed by atoms with Crippen LogP contribution in [0.2, 0.25) is 0 Å². The molecule has 2 fully saturated rings. The maximum absolute atomic E-state index is 5.65. The molecule has 5 heteroatoms. The van der Waals surface area contributed by atoms with E-state index in [1.54, 1.807) is 0 Å². The van der Waals surface area contributed by atoms with Crippen LogP contribution >= 0.6 is 0 Å². The Balaban J connectivity index is 1.91. The topological polar surface area (TPSA) is 66.0 Å². The number of hydrogen-bond donors (Lipinski definition) is 1. The molecule has 3 unspecified atom stereocenters. The second-order valence-corrected chi connectivity index (χ2v) is 5.25. The molecule has 1 aromatic rings. The maximum Gasteiger partial charge on any atom is 0.0875 e. The van der Waals surface area contributed by atoms with Crippen LogP contribution in [-0.4, -0.2) is 34.8 Å². The Kier molecular flexibility index (Phi) is 2.88. The molecule has 0 spiro atoms. The molecule has 1 saturated heterocycles. The number of aromatic nitrogens is 3. The summed E-state index contributed by atoms with van der Waals surface area (Å²) < 4.78 is 7.64. The Hall–Kier alpha value is -0.940. The first kappa shape index (κ1) is 11.2. The van der Waals surface area contributed by atoms with E-state index in [4.69, 9.17) is 10.5 Å². The predicted molar refractivity (Wildman–Crippen MR) is 63.8 cm³/mol. The van der Waals surface area contributed by atoms with E-state index in [9.17, 15) is 0 Å². The number of hydrogen-bond acceptors (Lipinski definition) is 4. The van der Waals surface area contributed by atoms with Crippen LogP contribution in [0.15, 0.2) is 0 Å². The van der Waals surface area contributed by atoms with Gasteiger partial charge < -0.3 is 10.5 Å². The van der Waals surface area contributed by atoms with Crippen molar-refractivity contribution in [3.8, 4) is 0 Å². The van der Waals surface area contributed by atoms with Gasteiger partial charge in [0.05, 0.1) is 24.0 Å². The van der Waals surface area contributed by atoms with Crippen molar-refractivity contribution in [2.45, 2.75) is 38.1 Å². The van der Waals surface area contributed by atoms with Crippen molar-refractivity contribution in [2.24, 2.45) is 11.7 Å². The summed E-state index contributed by atoms with van der Waals surface area (Å²) in [5, 5.41) is 8.67. The lowest BCUT2D eigenvalue weighted by atomic mass is 10.0. The van der Waals surface area contributed by atoms with Crippen LogP contribution in [0.1, 0.15) is 43.1 Å². The first-order chi connectivity index (χ1) is 8.31. The summed E-state index contributed by atoms with van der Waals surface area (Å²) in [6.45, 7) is 4.58. The van der Waals surface area contributed by atoms with Gasteiger partial charge in [-0.1, -0.05) is 12.1 Å². The number of nitrogens with two attached hydrogens (primary N) is 1. The second-order valence-electron chi connectivity index (χ2n) is 5.25. The standard InChI is InChI=1S/C12H20N4O/c1-8-6-11(8)16-12(9-3-5-17-7-9)10(2-4-13)14-15-16/h8-9,11H,2-7,13H2,1H3. The zero-order valence-electron chi connectivity index (χ0n) is 10.3. The monoisotopic (exact) mass is 236 g/mol. The van der Waals surface area contributed by atoms with Crippen LogP contribution in [0.5, 0.6) is 0 Å². The number of nitrogens with zero attached hydrogens (tertiary/aromatic N) is 3. The summed E-state index contributed by atoms with van der Waals surface area (Å²) in [6, 6.07) is 0.560. The smallest absolute Gasteiger partial charge is 0.0875 e. The van der Waals surface area contributed by atoms with Gasteiger partial charge >= 0.3 is 0 Å².